The van der Waals surface area contributed by atoms with Crippen LogP contribution in [0.1, 0.15) is 24.0 Å². The first kappa shape index (κ1) is 22.7. The van der Waals surface area contributed by atoms with Crippen molar-refractivity contribution in [3.05, 3.63) is 94.0 Å². The van der Waals surface area contributed by atoms with Gasteiger partial charge in [-0.3, -0.25) is 4.79 Å². The number of carbonyl (C=O) groups excluding carboxylic acids is 1. The summed E-state index contributed by atoms with van der Waals surface area (Å²) in [4.78, 5) is 32.3. The van der Waals surface area contributed by atoms with Gasteiger partial charge in [-0.15, -0.1) is 5.10 Å². The number of halogens is 1. The summed E-state index contributed by atoms with van der Waals surface area (Å²) in [6.45, 7) is 0. The molecule has 0 saturated carbocycles. The molecule has 0 radical (unpaired) electrons. The van der Waals surface area contributed by atoms with Crippen LogP contribution in [0.3, 0.4) is 0 Å². The molecule has 1 aliphatic rings. The third kappa shape index (κ3) is 4.25. The van der Waals surface area contributed by atoms with Gasteiger partial charge < -0.3 is 20.0 Å². The zero-order valence-electron chi connectivity index (χ0n) is 19.2. The molecule has 3 N–H and O–H groups in total. The number of fused-ring (bicyclic) bond motifs is 1. The Labute approximate surface area is 214 Å². The number of pyridine rings is 1. The van der Waals surface area contributed by atoms with Gasteiger partial charge in [0.25, 0.3) is 5.56 Å². The van der Waals surface area contributed by atoms with Gasteiger partial charge >= 0.3 is 6.09 Å². The fraction of sp³-hybridized carbons (Fsp3) is 0.120. The smallest absolute Gasteiger partial charge is 0.409 e. The zero-order chi connectivity index (χ0) is 25.5. The first-order chi connectivity index (χ1) is 18.0. The van der Waals surface area contributed by atoms with Crippen LogP contribution in [0.2, 0.25) is 5.02 Å². The number of carbonyl (C=O) groups is 1. The standard InChI is InChI=1S/C25H19ClN8O3/c26-16-4-6-21(33-13-29-31-32-33)19(11-16)15-8-17-5-7-22(34(17)23(35)10-15)24-28-12-20(30-24)14-2-1-3-18(9-14)37-25(27)36/h1-4,6,8-13,22H,5,7H2,(H2,27,36)(H,28,30)/t22-/m0/s1. The highest BCUT2D eigenvalue weighted by Gasteiger charge is 2.28. The van der Waals surface area contributed by atoms with E-state index in [2.05, 4.69) is 25.5 Å². The summed E-state index contributed by atoms with van der Waals surface area (Å²) in [6.07, 6.45) is 3.72. The Morgan fingerprint density at radius 2 is 2.03 bits per heavy atom. The van der Waals surface area contributed by atoms with Crippen LogP contribution in [-0.4, -0.2) is 40.8 Å². The third-order valence-electron chi connectivity index (χ3n) is 6.27. The van der Waals surface area contributed by atoms with Crippen LogP contribution in [-0.2, 0) is 6.42 Å². The largest absolute Gasteiger partial charge is 0.410 e. The van der Waals surface area contributed by atoms with E-state index in [-0.39, 0.29) is 11.6 Å². The Bertz CT molecular complexity index is 1690. The van der Waals surface area contributed by atoms with Crippen LogP contribution in [0.4, 0.5) is 4.79 Å². The average Bonchev–Trinajstić information content (AvgIpc) is 3.64. The molecule has 4 heterocycles. The molecule has 6 rings (SSSR count). The van der Waals surface area contributed by atoms with Crippen LogP contribution in [0.25, 0.3) is 28.1 Å². The van der Waals surface area contributed by atoms with Gasteiger partial charge in [0.2, 0.25) is 0 Å². The normalized spacial score (nSPS) is 14.5. The van der Waals surface area contributed by atoms with Gasteiger partial charge in [0, 0.05) is 27.9 Å². The molecule has 0 saturated heterocycles. The maximum atomic E-state index is 13.4. The fourth-order valence-corrected chi connectivity index (χ4v) is 4.89. The Balaban J connectivity index is 1.35. The van der Waals surface area contributed by atoms with Gasteiger partial charge in [-0.1, -0.05) is 23.7 Å². The quantitative estimate of drug-likeness (QED) is 0.364. The number of H-pyrrole nitrogens is 1. The van der Waals surface area contributed by atoms with E-state index in [4.69, 9.17) is 22.1 Å². The summed E-state index contributed by atoms with van der Waals surface area (Å²) >= 11 is 6.29. The van der Waals surface area contributed by atoms with E-state index in [1.807, 2.05) is 18.2 Å². The van der Waals surface area contributed by atoms with Gasteiger partial charge in [-0.25, -0.2) is 9.78 Å². The molecular weight excluding hydrogens is 496 g/mol. The molecule has 5 aromatic rings. The van der Waals surface area contributed by atoms with Gasteiger partial charge in [-0.05, 0) is 65.2 Å². The number of nitrogens with zero attached hydrogens (tertiary/aromatic N) is 6. The van der Waals surface area contributed by atoms with Crippen LogP contribution >= 0.6 is 11.6 Å². The predicted molar refractivity (Wildman–Crippen MR) is 135 cm³/mol. The van der Waals surface area contributed by atoms with E-state index in [0.717, 1.165) is 28.1 Å². The molecule has 1 atom stereocenters. The van der Waals surface area contributed by atoms with Crippen LogP contribution < -0.4 is 16.0 Å². The van der Waals surface area contributed by atoms with E-state index >= 15 is 0 Å². The number of aromatic nitrogens is 7. The molecule has 0 spiro atoms. The average molecular weight is 515 g/mol. The summed E-state index contributed by atoms with van der Waals surface area (Å²) in [5.41, 5.74) is 9.57. The van der Waals surface area contributed by atoms with E-state index in [1.54, 1.807) is 47.2 Å². The van der Waals surface area contributed by atoms with Crippen LogP contribution in [0.15, 0.2) is 71.9 Å². The number of hydrogen-bond acceptors (Lipinski definition) is 7. The summed E-state index contributed by atoms with van der Waals surface area (Å²) in [5.74, 6) is 1.00. The van der Waals surface area contributed by atoms with E-state index in [1.165, 1.54) is 11.0 Å². The Morgan fingerprint density at radius 1 is 1.14 bits per heavy atom. The number of aromatic amines is 1. The Morgan fingerprint density at radius 3 is 2.84 bits per heavy atom. The number of primary amides is 1. The molecule has 11 nitrogen and oxygen atoms in total. The van der Waals surface area contributed by atoms with Crippen LogP contribution in [0.5, 0.6) is 5.75 Å². The highest BCUT2D eigenvalue weighted by molar-refractivity contribution is 6.31. The predicted octanol–water partition coefficient (Wildman–Crippen LogP) is 3.53. The number of tetrazole rings is 1. The minimum absolute atomic E-state index is 0.146. The molecule has 37 heavy (non-hydrogen) atoms. The third-order valence-corrected chi connectivity index (χ3v) is 6.51. The summed E-state index contributed by atoms with van der Waals surface area (Å²) < 4.78 is 8.27. The SMILES string of the molecule is NC(=O)Oc1cccc(-c2cnc([C@@H]3CCc4cc(-c5cc(Cl)ccc5-n5cnnn5)cc(=O)n43)[nH]2)c1. The molecule has 3 aromatic heterocycles. The van der Waals surface area contributed by atoms with E-state index < -0.39 is 6.09 Å². The summed E-state index contributed by atoms with van der Waals surface area (Å²) in [6, 6.07) is 15.7. The maximum absolute atomic E-state index is 13.4. The van der Waals surface area contributed by atoms with Crippen molar-refractivity contribution in [2.45, 2.75) is 18.9 Å². The highest BCUT2D eigenvalue weighted by Crippen LogP contribution is 2.34. The van der Waals surface area contributed by atoms with Crippen molar-refractivity contribution in [3.63, 3.8) is 0 Å². The molecule has 12 heteroatoms. The number of benzene rings is 2. The molecule has 0 unspecified atom stereocenters. The van der Waals surface area contributed by atoms with Crippen LogP contribution in [0, 0.1) is 0 Å². The number of nitrogens with two attached hydrogens (primary N) is 1. The number of hydrogen-bond donors (Lipinski definition) is 2. The first-order valence-corrected chi connectivity index (χ1v) is 11.8. The number of amides is 1. The van der Waals surface area contributed by atoms with Crippen molar-refractivity contribution < 1.29 is 9.53 Å². The number of rotatable bonds is 5. The molecule has 2 aromatic carbocycles. The molecule has 1 aliphatic heterocycles. The Hall–Kier alpha value is -4.77. The van der Waals surface area contributed by atoms with Crippen molar-refractivity contribution >= 4 is 17.7 Å². The van der Waals surface area contributed by atoms with Gasteiger partial charge in [0.05, 0.1) is 23.6 Å². The minimum Gasteiger partial charge on any atom is -0.410 e. The second kappa shape index (κ2) is 9.03. The number of nitrogens with one attached hydrogen (secondary N) is 1. The lowest BCUT2D eigenvalue weighted by Gasteiger charge is -2.15. The second-order valence-electron chi connectivity index (χ2n) is 8.54. The number of ether oxygens (including phenoxy) is 1. The maximum Gasteiger partial charge on any atom is 0.409 e. The topological polar surface area (TPSA) is 147 Å². The van der Waals surface area contributed by atoms with Crippen molar-refractivity contribution in [1.29, 1.82) is 0 Å². The van der Waals surface area contributed by atoms with Crippen molar-refractivity contribution in [2.75, 3.05) is 0 Å². The number of imidazole rings is 1. The van der Waals surface area contributed by atoms with Gasteiger partial charge in [-0.2, -0.15) is 4.68 Å². The molecule has 0 bridgehead atoms. The summed E-state index contributed by atoms with van der Waals surface area (Å²) in [5, 5.41) is 11.9. The number of aryl methyl sites for hydroxylation is 1. The molecule has 0 aliphatic carbocycles. The van der Waals surface area contributed by atoms with Gasteiger partial charge in [0.15, 0.2) is 0 Å². The van der Waals surface area contributed by atoms with E-state index in [0.29, 0.717) is 35.1 Å². The molecule has 1 amide bonds. The highest BCUT2D eigenvalue weighted by atomic mass is 35.5. The molecule has 0 fully saturated rings. The first-order valence-electron chi connectivity index (χ1n) is 11.4. The fourth-order valence-electron chi connectivity index (χ4n) is 4.72. The van der Waals surface area contributed by atoms with Crippen molar-refractivity contribution in [3.8, 4) is 33.8 Å². The minimum atomic E-state index is -0.883. The molecular formula is C25H19ClN8O3. The van der Waals surface area contributed by atoms with E-state index in [9.17, 15) is 9.59 Å². The monoisotopic (exact) mass is 514 g/mol. The Kier molecular flexibility index (Phi) is 5.53. The van der Waals surface area contributed by atoms with Crippen molar-refractivity contribution in [1.82, 2.24) is 34.7 Å². The second-order valence-corrected chi connectivity index (χ2v) is 8.98. The summed E-state index contributed by atoms with van der Waals surface area (Å²) in [7, 11) is 0. The lowest BCUT2D eigenvalue weighted by Crippen LogP contribution is -2.23. The van der Waals surface area contributed by atoms with Crippen molar-refractivity contribution in [2.24, 2.45) is 5.73 Å². The zero-order valence-corrected chi connectivity index (χ0v) is 20.0. The molecule has 184 valence electrons. The lowest BCUT2D eigenvalue weighted by atomic mass is 10.0. The lowest BCUT2D eigenvalue weighted by molar-refractivity contribution is 0.211. The van der Waals surface area contributed by atoms with Gasteiger partial charge in [0.1, 0.15) is 17.9 Å².